The summed E-state index contributed by atoms with van der Waals surface area (Å²) in [6.07, 6.45) is 0. The van der Waals surface area contributed by atoms with E-state index in [4.69, 9.17) is 15.2 Å². The second-order valence-corrected chi connectivity index (χ2v) is 3.89. The summed E-state index contributed by atoms with van der Waals surface area (Å²) in [4.78, 5) is 11.3. The van der Waals surface area contributed by atoms with E-state index in [0.29, 0.717) is 26.4 Å². The van der Waals surface area contributed by atoms with E-state index < -0.39 is 0 Å². The summed E-state index contributed by atoms with van der Waals surface area (Å²) in [7, 11) is 0. The van der Waals surface area contributed by atoms with Crippen molar-refractivity contribution in [1.29, 1.82) is 0 Å². The van der Waals surface area contributed by atoms with Crippen molar-refractivity contribution in [3.05, 3.63) is 0 Å². The Labute approximate surface area is 91.3 Å². The van der Waals surface area contributed by atoms with E-state index in [1.807, 2.05) is 20.8 Å². The molecule has 0 unspecified atom stereocenters. The first-order valence-electron chi connectivity index (χ1n) is 5.18. The average molecular weight is 218 g/mol. The number of amides is 1. The van der Waals surface area contributed by atoms with Crippen LogP contribution in [0.2, 0.25) is 0 Å². The largest absolute Gasteiger partial charge is 0.379 e. The van der Waals surface area contributed by atoms with Gasteiger partial charge in [0.1, 0.15) is 6.61 Å². The van der Waals surface area contributed by atoms with Gasteiger partial charge in [0.2, 0.25) is 5.91 Å². The Kier molecular flexibility index (Phi) is 7.29. The van der Waals surface area contributed by atoms with Crippen LogP contribution in [0.1, 0.15) is 20.8 Å². The zero-order valence-corrected chi connectivity index (χ0v) is 9.84. The van der Waals surface area contributed by atoms with Gasteiger partial charge in [0.15, 0.2) is 0 Å². The van der Waals surface area contributed by atoms with Gasteiger partial charge < -0.3 is 20.5 Å². The van der Waals surface area contributed by atoms with Gasteiger partial charge in [0.25, 0.3) is 0 Å². The van der Waals surface area contributed by atoms with E-state index in [-0.39, 0.29) is 18.1 Å². The first kappa shape index (κ1) is 14.3. The van der Waals surface area contributed by atoms with Crippen LogP contribution in [0.15, 0.2) is 0 Å². The maximum atomic E-state index is 11.3. The predicted molar refractivity (Wildman–Crippen MR) is 58.6 cm³/mol. The fourth-order valence-corrected chi connectivity index (χ4v) is 0.892. The summed E-state index contributed by atoms with van der Waals surface area (Å²) in [6.45, 7) is 7.71. The number of rotatable bonds is 8. The predicted octanol–water partition coefficient (Wildman–Crippen LogP) is -0.107. The number of nitrogens with two attached hydrogens (primary N) is 1. The minimum atomic E-state index is -0.375. The first-order valence-corrected chi connectivity index (χ1v) is 5.18. The highest BCUT2D eigenvalue weighted by atomic mass is 16.5. The van der Waals surface area contributed by atoms with Gasteiger partial charge in [0, 0.05) is 18.7 Å². The minimum Gasteiger partial charge on any atom is -0.379 e. The molecule has 0 aliphatic heterocycles. The number of carbonyl (C=O) groups excluding carboxylic acids is 1. The number of hydrogen-bond acceptors (Lipinski definition) is 4. The summed E-state index contributed by atoms with van der Waals surface area (Å²) in [5, 5.41) is 2.77. The number of ether oxygens (including phenoxy) is 2. The molecule has 1 amide bonds. The molecule has 0 atom stereocenters. The summed E-state index contributed by atoms with van der Waals surface area (Å²) < 4.78 is 10.2. The highest BCUT2D eigenvalue weighted by Crippen LogP contribution is 1.97. The van der Waals surface area contributed by atoms with Crippen molar-refractivity contribution in [2.75, 3.05) is 33.0 Å². The van der Waals surface area contributed by atoms with Crippen molar-refractivity contribution >= 4 is 5.91 Å². The first-order chi connectivity index (χ1) is 7.02. The van der Waals surface area contributed by atoms with Gasteiger partial charge in [0.05, 0.1) is 13.2 Å². The molecule has 0 heterocycles. The number of nitrogens with one attached hydrogen (secondary N) is 1. The van der Waals surface area contributed by atoms with E-state index in [1.54, 1.807) is 0 Å². The lowest BCUT2D eigenvalue weighted by molar-refractivity contribution is -0.127. The molecular formula is C10H22N2O3. The Morgan fingerprint density at radius 1 is 1.33 bits per heavy atom. The lowest BCUT2D eigenvalue weighted by atomic mass is 10.1. The molecule has 0 bridgehead atoms. The third kappa shape index (κ3) is 8.35. The van der Waals surface area contributed by atoms with E-state index in [9.17, 15) is 4.79 Å². The zero-order valence-electron chi connectivity index (χ0n) is 9.84. The molecule has 15 heavy (non-hydrogen) atoms. The van der Waals surface area contributed by atoms with Crippen molar-refractivity contribution in [1.82, 2.24) is 5.32 Å². The normalized spacial score (nSPS) is 11.5. The second-order valence-electron chi connectivity index (χ2n) is 3.89. The molecule has 0 aromatic heterocycles. The van der Waals surface area contributed by atoms with Crippen molar-refractivity contribution < 1.29 is 14.3 Å². The molecule has 0 radical (unpaired) electrons. The minimum absolute atomic E-state index is 0.0521. The van der Waals surface area contributed by atoms with Crippen molar-refractivity contribution in [2.45, 2.75) is 26.3 Å². The quantitative estimate of drug-likeness (QED) is 0.558. The smallest absolute Gasteiger partial charge is 0.246 e. The topological polar surface area (TPSA) is 73.6 Å². The molecular weight excluding hydrogens is 196 g/mol. The molecule has 0 aliphatic carbocycles. The molecule has 0 fully saturated rings. The van der Waals surface area contributed by atoms with Gasteiger partial charge in [-0.25, -0.2) is 0 Å². The Bertz CT molecular complexity index is 184. The highest BCUT2D eigenvalue weighted by Gasteiger charge is 2.17. The van der Waals surface area contributed by atoms with Crippen LogP contribution < -0.4 is 11.1 Å². The van der Waals surface area contributed by atoms with Gasteiger partial charge in [-0.15, -0.1) is 0 Å². The molecule has 0 rings (SSSR count). The van der Waals surface area contributed by atoms with Gasteiger partial charge in [-0.05, 0) is 20.8 Å². The maximum absolute atomic E-state index is 11.3. The van der Waals surface area contributed by atoms with Gasteiger partial charge in [-0.3, -0.25) is 4.79 Å². The third-order valence-electron chi connectivity index (χ3n) is 1.80. The van der Waals surface area contributed by atoms with Crippen LogP contribution >= 0.6 is 0 Å². The summed E-state index contributed by atoms with van der Waals surface area (Å²) >= 11 is 0. The van der Waals surface area contributed by atoms with Crippen molar-refractivity contribution in [2.24, 2.45) is 5.73 Å². The van der Waals surface area contributed by atoms with E-state index in [2.05, 4.69) is 5.32 Å². The van der Waals surface area contributed by atoms with Crippen molar-refractivity contribution in [3.8, 4) is 0 Å². The molecule has 0 aromatic carbocycles. The second kappa shape index (κ2) is 7.62. The van der Waals surface area contributed by atoms with Crippen LogP contribution in [-0.4, -0.2) is 44.4 Å². The van der Waals surface area contributed by atoms with Crippen LogP contribution in [0, 0.1) is 0 Å². The standard InChI is InChI=1S/C10H22N2O3/c1-4-14-5-6-15-7-9(13)12-10(2,3)8-11/h4-8,11H2,1-3H3,(H,12,13). The summed E-state index contributed by atoms with van der Waals surface area (Å²) in [5.74, 6) is -0.151. The summed E-state index contributed by atoms with van der Waals surface area (Å²) in [5.41, 5.74) is 5.10. The monoisotopic (exact) mass is 218 g/mol. The molecule has 3 N–H and O–H groups in total. The van der Waals surface area contributed by atoms with Crippen LogP contribution in [0.25, 0.3) is 0 Å². The molecule has 0 spiro atoms. The maximum Gasteiger partial charge on any atom is 0.246 e. The fourth-order valence-electron chi connectivity index (χ4n) is 0.892. The number of hydrogen-bond donors (Lipinski definition) is 2. The molecule has 5 heteroatoms. The lowest BCUT2D eigenvalue weighted by Crippen LogP contribution is -2.50. The molecule has 90 valence electrons. The third-order valence-corrected chi connectivity index (χ3v) is 1.80. The zero-order chi connectivity index (χ0) is 11.7. The SMILES string of the molecule is CCOCCOCC(=O)NC(C)(C)CN. The Hall–Kier alpha value is -0.650. The molecule has 0 saturated carbocycles. The van der Waals surface area contributed by atoms with Gasteiger partial charge in [-0.2, -0.15) is 0 Å². The summed E-state index contributed by atoms with van der Waals surface area (Å²) in [6, 6.07) is 0. The highest BCUT2D eigenvalue weighted by molar-refractivity contribution is 5.77. The molecule has 5 nitrogen and oxygen atoms in total. The van der Waals surface area contributed by atoms with Crippen molar-refractivity contribution in [3.63, 3.8) is 0 Å². The Morgan fingerprint density at radius 3 is 2.47 bits per heavy atom. The van der Waals surface area contributed by atoms with E-state index >= 15 is 0 Å². The van der Waals surface area contributed by atoms with Crippen LogP contribution in [0.5, 0.6) is 0 Å². The van der Waals surface area contributed by atoms with Crippen LogP contribution in [-0.2, 0) is 14.3 Å². The molecule has 0 saturated heterocycles. The Balaban J connectivity index is 3.49. The van der Waals surface area contributed by atoms with Crippen LogP contribution in [0.3, 0.4) is 0 Å². The van der Waals surface area contributed by atoms with Gasteiger partial charge in [-0.1, -0.05) is 0 Å². The Morgan fingerprint density at radius 2 is 1.93 bits per heavy atom. The average Bonchev–Trinajstić information content (AvgIpc) is 2.17. The molecule has 0 aliphatic rings. The van der Waals surface area contributed by atoms with E-state index in [0.717, 1.165) is 0 Å². The van der Waals surface area contributed by atoms with Gasteiger partial charge >= 0.3 is 0 Å². The number of carbonyl (C=O) groups is 1. The molecule has 0 aromatic rings. The lowest BCUT2D eigenvalue weighted by Gasteiger charge is -2.24. The van der Waals surface area contributed by atoms with E-state index in [1.165, 1.54) is 0 Å². The fraction of sp³-hybridized carbons (Fsp3) is 0.900. The van der Waals surface area contributed by atoms with Crippen LogP contribution in [0.4, 0.5) is 0 Å².